The quantitative estimate of drug-likeness (QED) is 0.529. The minimum atomic E-state index is -2.70. The van der Waals surface area contributed by atoms with Crippen LogP contribution in [-0.4, -0.2) is 11.2 Å². The van der Waals surface area contributed by atoms with Crippen molar-refractivity contribution in [3.05, 3.63) is 5.69 Å². The Hall–Kier alpha value is -1.20. The topological polar surface area (TPSA) is 53.0 Å². The Kier molecular flexibility index (Phi) is 1.02. The predicted molar refractivity (Wildman–Crippen MR) is 31.9 cm³/mol. The van der Waals surface area contributed by atoms with E-state index in [-0.39, 0.29) is 5.69 Å². The first-order chi connectivity index (χ1) is 6.12. The highest BCUT2D eigenvalue weighted by atomic mass is 19.3. The Morgan fingerprint density at radius 2 is 2.38 bits per heavy atom. The molecule has 70 valence electrons. The van der Waals surface area contributed by atoms with Crippen molar-refractivity contribution in [2.24, 2.45) is 5.92 Å². The molecule has 1 aromatic heterocycles. The molecule has 0 amide bonds. The normalized spacial score (nSPS) is 33.7. The molecule has 0 spiro atoms. The zero-order valence-electron chi connectivity index (χ0n) is 6.54. The molecule has 0 N–H and O–H groups in total. The molecule has 1 aliphatic heterocycles. The molecule has 2 atom stereocenters. The first kappa shape index (κ1) is 7.23. The molecule has 3 rings (SSSR count). The van der Waals surface area contributed by atoms with Gasteiger partial charge in [0.15, 0.2) is 5.95 Å². The molecule has 2 heterocycles. The molecule has 0 radical (unpaired) electrons. The van der Waals surface area contributed by atoms with Gasteiger partial charge in [-0.15, -0.1) is 0 Å². The number of hydrogen-bond acceptors (Lipinski definition) is 3. The summed E-state index contributed by atoms with van der Waals surface area (Å²) < 4.78 is 31.4. The van der Waals surface area contributed by atoms with Crippen molar-refractivity contribution in [1.29, 1.82) is 0 Å². The lowest BCUT2D eigenvalue weighted by molar-refractivity contribution is -0.782. The predicted octanol–water partition coefficient (Wildman–Crippen LogP) is -0.212. The summed E-state index contributed by atoms with van der Waals surface area (Å²) in [5.41, 5.74) is 0.276. The molecular weight excluding hydrogens is 182 g/mol. The van der Waals surface area contributed by atoms with Gasteiger partial charge in [-0.25, -0.2) is 0 Å². The summed E-state index contributed by atoms with van der Waals surface area (Å²) in [4.78, 5) is 0. The van der Waals surface area contributed by atoms with Crippen molar-refractivity contribution in [2.45, 2.75) is 24.8 Å². The Balaban J connectivity index is 2.11. The fourth-order valence-electron chi connectivity index (χ4n) is 2.06. The van der Waals surface area contributed by atoms with Gasteiger partial charge in [0.05, 0.1) is 5.27 Å². The average Bonchev–Trinajstić information content (AvgIpc) is 2.50. The van der Waals surface area contributed by atoms with Crippen LogP contribution in [0.2, 0.25) is 0 Å². The molecule has 13 heavy (non-hydrogen) atoms. The molecule has 1 aromatic rings. The largest absolute Gasteiger partial charge is 0.539 e. The van der Waals surface area contributed by atoms with Gasteiger partial charge in [-0.2, -0.15) is 8.78 Å². The van der Waals surface area contributed by atoms with Crippen LogP contribution in [0, 0.1) is 5.92 Å². The lowest BCUT2D eigenvalue weighted by atomic mass is 10.1. The van der Waals surface area contributed by atoms with E-state index in [1.165, 1.54) is 0 Å². The maximum absolute atomic E-state index is 13.0. The smallest absolute Gasteiger partial charge is 0.320 e. The van der Waals surface area contributed by atoms with Crippen molar-refractivity contribution >= 4 is 0 Å². The number of nitrogens with zero attached hydrogens (tertiary/aromatic N) is 2. The molecule has 2 aliphatic rings. The zero-order chi connectivity index (χ0) is 9.22. The first-order valence-corrected chi connectivity index (χ1v) is 4.07. The molecule has 4 nitrogen and oxygen atoms in total. The van der Waals surface area contributed by atoms with Crippen molar-refractivity contribution in [3.8, 4) is 5.95 Å². The highest BCUT2D eigenvalue weighted by Crippen LogP contribution is 2.59. The molecule has 0 aromatic carbocycles. The van der Waals surface area contributed by atoms with Gasteiger partial charge in [0, 0.05) is 6.42 Å². The van der Waals surface area contributed by atoms with Crippen molar-refractivity contribution in [2.75, 3.05) is 0 Å². The summed E-state index contributed by atoms with van der Waals surface area (Å²) in [6.45, 7) is 0. The molecule has 0 saturated heterocycles. The maximum atomic E-state index is 13.0. The van der Waals surface area contributed by atoms with Crippen LogP contribution in [0.3, 0.4) is 0 Å². The van der Waals surface area contributed by atoms with Crippen LogP contribution in [0.25, 0.3) is 0 Å². The van der Waals surface area contributed by atoms with Crippen LogP contribution >= 0.6 is 0 Å². The van der Waals surface area contributed by atoms with E-state index in [0.29, 0.717) is 12.8 Å². The number of rotatable bonds is 0. The van der Waals surface area contributed by atoms with Crippen LogP contribution in [0.4, 0.5) is 8.78 Å². The minimum Gasteiger partial charge on any atom is -0.539 e. The van der Waals surface area contributed by atoms with E-state index in [0.717, 1.165) is 4.68 Å². The molecule has 0 unspecified atom stereocenters. The van der Waals surface area contributed by atoms with Crippen LogP contribution < -0.4 is 9.79 Å². The van der Waals surface area contributed by atoms with E-state index in [1.807, 2.05) is 0 Å². The Bertz CT molecular complexity index is 377. The molecule has 1 aliphatic carbocycles. The third-order valence-electron chi connectivity index (χ3n) is 2.84. The lowest BCUT2D eigenvalue weighted by Crippen LogP contribution is -2.42. The fraction of sp³-hybridized carbons (Fsp3) is 0.714. The SMILES string of the molecule is [O-]c1on[n+]2c1CC[C@@H]1[C@H]2C1(F)F. The number of fused-ring (bicyclic) bond motifs is 3. The number of hydrogen-bond donors (Lipinski definition) is 0. The summed E-state index contributed by atoms with van der Waals surface area (Å²) in [5.74, 6) is -3.92. The number of halogens is 2. The maximum Gasteiger partial charge on any atom is 0.320 e. The summed E-state index contributed by atoms with van der Waals surface area (Å²) >= 11 is 0. The zero-order valence-corrected chi connectivity index (χ0v) is 6.54. The average molecular weight is 188 g/mol. The monoisotopic (exact) mass is 188 g/mol. The van der Waals surface area contributed by atoms with E-state index >= 15 is 0 Å². The van der Waals surface area contributed by atoms with Crippen LogP contribution in [-0.2, 0) is 6.42 Å². The highest BCUT2D eigenvalue weighted by molar-refractivity contribution is 5.12. The molecule has 0 bridgehead atoms. The minimum absolute atomic E-state index is 0.276. The van der Waals surface area contributed by atoms with Gasteiger partial charge in [-0.05, 0) is 6.42 Å². The van der Waals surface area contributed by atoms with E-state index < -0.39 is 23.8 Å². The van der Waals surface area contributed by atoms with Gasteiger partial charge in [0.2, 0.25) is 5.69 Å². The van der Waals surface area contributed by atoms with Gasteiger partial charge in [-0.3, -0.25) is 0 Å². The summed E-state index contributed by atoms with van der Waals surface area (Å²) in [6.07, 6.45) is 0.702. The molecular formula is C7H6F2N2O2. The Morgan fingerprint density at radius 3 is 3.15 bits per heavy atom. The Labute approximate surface area is 71.7 Å². The van der Waals surface area contributed by atoms with Crippen LogP contribution in [0.1, 0.15) is 18.2 Å². The van der Waals surface area contributed by atoms with Gasteiger partial charge in [-0.1, -0.05) is 4.68 Å². The molecule has 6 heteroatoms. The Morgan fingerprint density at radius 1 is 1.62 bits per heavy atom. The van der Waals surface area contributed by atoms with Crippen molar-refractivity contribution in [1.82, 2.24) is 5.27 Å². The van der Waals surface area contributed by atoms with E-state index in [2.05, 4.69) is 9.79 Å². The van der Waals surface area contributed by atoms with Crippen LogP contribution in [0.5, 0.6) is 5.95 Å². The highest BCUT2D eigenvalue weighted by Gasteiger charge is 2.78. The van der Waals surface area contributed by atoms with Gasteiger partial charge in [0.1, 0.15) is 5.92 Å². The van der Waals surface area contributed by atoms with E-state index in [9.17, 15) is 13.9 Å². The third kappa shape index (κ3) is 0.691. The second kappa shape index (κ2) is 1.83. The first-order valence-electron chi connectivity index (χ1n) is 4.07. The third-order valence-corrected chi connectivity index (χ3v) is 2.84. The van der Waals surface area contributed by atoms with Gasteiger partial charge < -0.3 is 9.63 Å². The summed E-state index contributed by atoms with van der Waals surface area (Å²) in [6, 6.07) is -0.928. The second-order valence-electron chi connectivity index (χ2n) is 3.52. The second-order valence-corrected chi connectivity index (χ2v) is 3.52. The fourth-order valence-corrected chi connectivity index (χ4v) is 2.06. The van der Waals surface area contributed by atoms with Crippen molar-refractivity contribution < 1.29 is 23.1 Å². The molecule has 1 saturated carbocycles. The van der Waals surface area contributed by atoms with E-state index in [1.54, 1.807) is 0 Å². The van der Waals surface area contributed by atoms with E-state index in [4.69, 9.17) is 0 Å². The van der Waals surface area contributed by atoms with Crippen molar-refractivity contribution in [3.63, 3.8) is 0 Å². The lowest BCUT2D eigenvalue weighted by Gasteiger charge is -1.99. The number of alkyl halides is 2. The summed E-state index contributed by atoms with van der Waals surface area (Å²) in [5, 5.41) is 14.3. The van der Waals surface area contributed by atoms with Gasteiger partial charge in [0.25, 0.3) is 6.04 Å². The standard InChI is InChI=1S/C7H6F2N2O2/c8-7(9)3-1-2-4-6(12)13-10-11(4)5(3)7/h3,5H,1-2H2/t3-,5+/m1/s1. The number of aromatic nitrogens is 2. The van der Waals surface area contributed by atoms with Crippen LogP contribution in [0.15, 0.2) is 4.52 Å². The molecule has 1 fully saturated rings. The summed E-state index contributed by atoms with van der Waals surface area (Å²) in [7, 11) is 0. The van der Waals surface area contributed by atoms with Gasteiger partial charge >= 0.3 is 5.92 Å².